The van der Waals surface area contributed by atoms with E-state index >= 15 is 0 Å². The molecule has 0 bridgehead atoms. The van der Waals surface area contributed by atoms with Gasteiger partial charge in [-0.3, -0.25) is 0 Å². The molecule has 1 aliphatic rings. The minimum Gasteiger partial charge on any atom is -0.459 e. The maximum Gasteiger partial charge on any atom is 0.339 e. The van der Waals surface area contributed by atoms with Gasteiger partial charge in [0.05, 0.1) is 18.8 Å². The van der Waals surface area contributed by atoms with Gasteiger partial charge in [0.2, 0.25) is 10.0 Å². The van der Waals surface area contributed by atoms with E-state index in [2.05, 4.69) is 0 Å². The van der Waals surface area contributed by atoms with Gasteiger partial charge in [0.15, 0.2) is 0 Å². The van der Waals surface area contributed by atoms with Crippen LogP contribution in [0.5, 0.6) is 0 Å². The number of thiophene rings is 1. The highest BCUT2D eigenvalue weighted by molar-refractivity contribution is 7.91. The van der Waals surface area contributed by atoms with Crippen molar-refractivity contribution < 1.29 is 22.7 Å². The smallest absolute Gasteiger partial charge is 0.339 e. The zero-order chi connectivity index (χ0) is 14.0. The van der Waals surface area contributed by atoms with Crippen LogP contribution in [0.1, 0.15) is 28.8 Å². The average molecular weight is 305 g/mol. The Kier molecular flexibility index (Phi) is 4.24. The second kappa shape index (κ2) is 5.58. The maximum atomic E-state index is 12.0. The Hall–Kier alpha value is -0.960. The number of hydrogen-bond donors (Lipinski definition) is 1. The summed E-state index contributed by atoms with van der Waals surface area (Å²) in [5.41, 5.74) is 0.616. The lowest BCUT2D eigenvalue weighted by Crippen LogP contribution is -2.26. The van der Waals surface area contributed by atoms with Gasteiger partial charge in [-0.15, -0.1) is 11.3 Å². The molecule has 0 saturated carbocycles. The van der Waals surface area contributed by atoms with Crippen molar-refractivity contribution in [2.75, 3.05) is 13.2 Å². The molecule has 2 N–H and O–H groups in total. The van der Waals surface area contributed by atoms with Gasteiger partial charge in [0.1, 0.15) is 10.3 Å². The number of nitrogens with two attached hydrogens (primary N) is 1. The SMILES string of the molecule is Cc1c(C(=O)OC2CCOCC2)csc1S(N)(=O)=O. The molecule has 1 aromatic rings. The van der Waals surface area contributed by atoms with Crippen LogP contribution in [0.2, 0.25) is 0 Å². The third-order valence-corrected chi connectivity index (χ3v) is 5.60. The van der Waals surface area contributed by atoms with E-state index in [-0.39, 0.29) is 15.9 Å². The van der Waals surface area contributed by atoms with Crippen molar-refractivity contribution in [3.63, 3.8) is 0 Å². The van der Waals surface area contributed by atoms with Crippen LogP contribution >= 0.6 is 11.3 Å². The van der Waals surface area contributed by atoms with Gasteiger partial charge in [0.25, 0.3) is 0 Å². The van der Waals surface area contributed by atoms with Crippen LogP contribution in [0, 0.1) is 6.92 Å². The first kappa shape index (κ1) is 14.4. The summed E-state index contributed by atoms with van der Waals surface area (Å²) in [5.74, 6) is -0.504. The van der Waals surface area contributed by atoms with Crippen LogP contribution in [0.25, 0.3) is 0 Å². The van der Waals surface area contributed by atoms with Crippen molar-refractivity contribution in [2.24, 2.45) is 5.14 Å². The molecule has 0 amide bonds. The number of sulfonamides is 1. The fraction of sp³-hybridized carbons (Fsp3) is 0.545. The fourth-order valence-corrected chi connectivity index (χ4v) is 3.89. The van der Waals surface area contributed by atoms with Crippen molar-refractivity contribution >= 4 is 27.3 Å². The molecule has 1 aromatic heterocycles. The molecule has 8 heteroatoms. The average Bonchev–Trinajstić information content (AvgIpc) is 2.72. The number of carbonyl (C=O) groups is 1. The summed E-state index contributed by atoms with van der Waals surface area (Å²) in [7, 11) is -3.79. The molecule has 19 heavy (non-hydrogen) atoms. The third-order valence-electron chi connectivity index (χ3n) is 2.91. The van der Waals surface area contributed by atoms with E-state index in [9.17, 15) is 13.2 Å². The standard InChI is InChI=1S/C11H15NO5S2/c1-7-9(6-18-11(7)19(12,14)15)10(13)17-8-2-4-16-5-3-8/h6,8H,2-5H2,1H3,(H2,12,14,15). The van der Waals surface area contributed by atoms with Gasteiger partial charge >= 0.3 is 5.97 Å². The summed E-state index contributed by atoms with van der Waals surface area (Å²) < 4.78 is 33.1. The van der Waals surface area contributed by atoms with Gasteiger partial charge in [-0.1, -0.05) is 0 Å². The Bertz CT molecular complexity index is 572. The summed E-state index contributed by atoms with van der Waals surface area (Å²) in [4.78, 5) is 12.0. The zero-order valence-electron chi connectivity index (χ0n) is 10.4. The molecule has 2 rings (SSSR count). The lowest BCUT2D eigenvalue weighted by Gasteiger charge is -2.22. The van der Waals surface area contributed by atoms with Crippen LogP contribution in [-0.2, 0) is 19.5 Å². The minimum atomic E-state index is -3.79. The molecule has 6 nitrogen and oxygen atoms in total. The molecule has 2 heterocycles. The van der Waals surface area contributed by atoms with Gasteiger partial charge < -0.3 is 9.47 Å². The molecule has 0 aromatic carbocycles. The molecule has 0 spiro atoms. The highest BCUT2D eigenvalue weighted by Crippen LogP contribution is 2.26. The normalized spacial score (nSPS) is 17.4. The van der Waals surface area contributed by atoms with Crippen molar-refractivity contribution in [1.29, 1.82) is 0 Å². The van der Waals surface area contributed by atoms with Crippen molar-refractivity contribution in [1.82, 2.24) is 0 Å². The van der Waals surface area contributed by atoms with Crippen LogP contribution in [0.3, 0.4) is 0 Å². The van der Waals surface area contributed by atoms with Crippen LogP contribution < -0.4 is 5.14 Å². The number of rotatable bonds is 3. The van der Waals surface area contributed by atoms with Crippen LogP contribution in [0.4, 0.5) is 0 Å². The van der Waals surface area contributed by atoms with Gasteiger partial charge in [-0.2, -0.15) is 0 Å². The Morgan fingerprint density at radius 2 is 2.11 bits per heavy atom. The molecule has 0 aliphatic carbocycles. The first-order valence-corrected chi connectivity index (χ1v) is 8.22. The molecule has 1 aliphatic heterocycles. The number of carbonyl (C=O) groups excluding carboxylic acids is 1. The Balaban J connectivity index is 2.13. The van der Waals surface area contributed by atoms with Crippen LogP contribution in [0.15, 0.2) is 9.59 Å². The number of hydrogen-bond acceptors (Lipinski definition) is 6. The Morgan fingerprint density at radius 1 is 1.47 bits per heavy atom. The molecule has 0 unspecified atom stereocenters. The van der Waals surface area contributed by atoms with E-state index in [0.29, 0.717) is 31.6 Å². The summed E-state index contributed by atoms with van der Waals surface area (Å²) in [5, 5.41) is 6.54. The zero-order valence-corrected chi connectivity index (χ0v) is 12.1. The van der Waals surface area contributed by atoms with Crippen molar-refractivity contribution in [2.45, 2.75) is 30.1 Å². The molecule has 0 atom stereocenters. The van der Waals surface area contributed by atoms with Gasteiger partial charge in [0, 0.05) is 18.2 Å². The first-order valence-electron chi connectivity index (χ1n) is 5.79. The highest BCUT2D eigenvalue weighted by atomic mass is 32.2. The number of primary sulfonamides is 1. The van der Waals surface area contributed by atoms with Gasteiger partial charge in [-0.05, 0) is 12.5 Å². The molecule has 106 valence electrons. The van der Waals surface area contributed by atoms with E-state index in [1.54, 1.807) is 6.92 Å². The molecule has 1 saturated heterocycles. The second-order valence-electron chi connectivity index (χ2n) is 4.32. The Labute approximate surface area is 115 Å². The largest absolute Gasteiger partial charge is 0.459 e. The monoisotopic (exact) mass is 305 g/mol. The van der Waals surface area contributed by atoms with Gasteiger partial charge in [-0.25, -0.2) is 18.4 Å². The summed E-state index contributed by atoms with van der Waals surface area (Å²) in [6.45, 7) is 2.70. The third kappa shape index (κ3) is 3.33. The van der Waals surface area contributed by atoms with Crippen molar-refractivity contribution in [3.8, 4) is 0 Å². The van der Waals surface area contributed by atoms with E-state index in [0.717, 1.165) is 11.3 Å². The highest BCUT2D eigenvalue weighted by Gasteiger charge is 2.24. The summed E-state index contributed by atoms with van der Waals surface area (Å²) in [6.07, 6.45) is 1.16. The van der Waals surface area contributed by atoms with E-state index in [4.69, 9.17) is 14.6 Å². The lowest BCUT2D eigenvalue weighted by molar-refractivity contribution is -0.0159. The molecule has 1 fully saturated rings. The number of esters is 1. The summed E-state index contributed by atoms with van der Waals surface area (Å²) in [6, 6.07) is 0. The quantitative estimate of drug-likeness (QED) is 0.842. The van der Waals surface area contributed by atoms with E-state index in [1.807, 2.05) is 0 Å². The fourth-order valence-electron chi connectivity index (χ4n) is 1.89. The molecule has 0 radical (unpaired) electrons. The second-order valence-corrected chi connectivity index (χ2v) is 6.96. The summed E-state index contributed by atoms with van der Waals surface area (Å²) >= 11 is 0.935. The minimum absolute atomic E-state index is 0.00595. The Morgan fingerprint density at radius 3 is 2.63 bits per heavy atom. The number of ether oxygens (including phenoxy) is 2. The first-order chi connectivity index (χ1) is 8.89. The topological polar surface area (TPSA) is 95.7 Å². The molecular weight excluding hydrogens is 290 g/mol. The lowest BCUT2D eigenvalue weighted by atomic mass is 10.1. The van der Waals surface area contributed by atoms with Crippen molar-refractivity contribution in [3.05, 3.63) is 16.5 Å². The maximum absolute atomic E-state index is 12.0. The van der Waals surface area contributed by atoms with E-state index in [1.165, 1.54) is 5.38 Å². The van der Waals surface area contributed by atoms with Crippen LogP contribution in [-0.4, -0.2) is 33.7 Å². The van der Waals surface area contributed by atoms with E-state index < -0.39 is 16.0 Å². The predicted octanol–water partition coefficient (Wildman–Crippen LogP) is 1.04. The predicted molar refractivity (Wildman–Crippen MR) is 69.7 cm³/mol. The molecular formula is C11H15NO5S2.